The van der Waals surface area contributed by atoms with E-state index >= 15 is 0 Å². The van der Waals surface area contributed by atoms with Gasteiger partial charge in [-0.1, -0.05) is 61.9 Å². The third-order valence-electron chi connectivity index (χ3n) is 8.29. The third-order valence-corrected chi connectivity index (χ3v) is 8.29. The van der Waals surface area contributed by atoms with Gasteiger partial charge in [-0.15, -0.1) is 0 Å². The van der Waals surface area contributed by atoms with Crippen molar-refractivity contribution in [2.75, 3.05) is 19.7 Å². The smallest absolute Gasteiger partial charge is 0.407 e. The summed E-state index contributed by atoms with van der Waals surface area (Å²) in [5, 5.41) is 14.8. The average molecular weight is 477 g/mol. The second kappa shape index (κ2) is 9.02. The summed E-state index contributed by atoms with van der Waals surface area (Å²) in [4.78, 5) is 36.7. The minimum atomic E-state index is -0.875. The summed E-state index contributed by atoms with van der Waals surface area (Å²) in [7, 11) is 0. The molecule has 5 rings (SSSR count). The number of hydrogen-bond acceptors (Lipinski definition) is 4. The molecular weight excluding hydrogens is 444 g/mol. The van der Waals surface area contributed by atoms with E-state index < -0.39 is 17.5 Å². The van der Waals surface area contributed by atoms with Gasteiger partial charge in [-0.05, 0) is 52.8 Å². The molecule has 7 heteroatoms. The molecule has 184 valence electrons. The molecule has 0 radical (unpaired) electrons. The first-order valence-electron chi connectivity index (χ1n) is 12.4. The molecule has 7 nitrogen and oxygen atoms in total. The Bertz CT molecular complexity index is 1110. The standard InChI is InChI=1S/C28H32N2O5/c1-18(13-24(31)32)14-29-25(33)28(16-27(28)11-6-12-27)17-30-26(34)35-15-23-21-9-4-2-7-19(21)20-8-3-5-10-22(20)23/h2-5,7-10,18,23H,6,11-17H2,1H3,(H,29,33)(H,30,34)(H,31,32). The number of ether oxygens (including phenoxy) is 1. The van der Waals surface area contributed by atoms with Crippen LogP contribution >= 0.6 is 0 Å². The Labute approximate surface area is 205 Å². The molecule has 2 amide bonds. The minimum absolute atomic E-state index is 0.0103. The van der Waals surface area contributed by atoms with Gasteiger partial charge in [0.1, 0.15) is 6.61 Å². The first kappa shape index (κ1) is 23.4. The van der Waals surface area contributed by atoms with Crippen molar-refractivity contribution in [1.29, 1.82) is 0 Å². The number of nitrogens with one attached hydrogen (secondary N) is 2. The van der Waals surface area contributed by atoms with E-state index in [1.807, 2.05) is 31.2 Å². The summed E-state index contributed by atoms with van der Waals surface area (Å²) in [5.74, 6) is -1.13. The van der Waals surface area contributed by atoms with Crippen LogP contribution in [0.2, 0.25) is 0 Å². The van der Waals surface area contributed by atoms with Crippen molar-refractivity contribution < 1.29 is 24.2 Å². The number of alkyl carbamates (subject to hydrolysis) is 1. The van der Waals surface area contributed by atoms with Crippen molar-refractivity contribution in [3.8, 4) is 11.1 Å². The normalized spacial score (nSPS) is 21.9. The van der Waals surface area contributed by atoms with E-state index in [1.54, 1.807) is 0 Å². The summed E-state index contributed by atoms with van der Waals surface area (Å²) in [6, 6.07) is 16.4. The van der Waals surface area contributed by atoms with Crippen molar-refractivity contribution in [2.24, 2.45) is 16.7 Å². The molecule has 3 aliphatic carbocycles. The van der Waals surface area contributed by atoms with Gasteiger partial charge in [-0.2, -0.15) is 0 Å². The lowest BCUT2D eigenvalue weighted by Gasteiger charge is -2.32. The molecule has 0 bridgehead atoms. The number of carboxylic acid groups (broad SMARTS) is 1. The van der Waals surface area contributed by atoms with E-state index in [9.17, 15) is 14.4 Å². The first-order chi connectivity index (χ1) is 16.9. The molecule has 2 aromatic rings. The second-order valence-electron chi connectivity index (χ2n) is 10.5. The number of aliphatic carboxylic acids is 1. The lowest BCUT2D eigenvalue weighted by molar-refractivity contribution is -0.138. The van der Waals surface area contributed by atoms with Gasteiger partial charge in [0.25, 0.3) is 0 Å². The van der Waals surface area contributed by atoms with Crippen molar-refractivity contribution in [2.45, 2.75) is 44.9 Å². The summed E-state index contributed by atoms with van der Waals surface area (Å²) >= 11 is 0. The summed E-state index contributed by atoms with van der Waals surface area (Å²) in [6.45, 7) is 2.59. The molecule has 3 aliphatic rings. The Morgan fingerprint density at radius 1 is 1.03 bits per heavy atom. The Morgan fingerprint density at radius 2 is 1.66 bits per heavy atom. The van der Waals surface area contributed by atoms with Crippen LogP contribution in [-0.4, -0.2) is 42.8 Å². The van der Waals surface area contributed by atoms with Gasteiger partial charge in [-0.3, -0.25) is 9.59 Å². The third kappa shape index (κ3) is 4.17. The number of carboxylic acids is 1. The van der Waals surface area contributed by atoms with Gasteiger partial charge < -0.3 is 20.5 Å². The highest BCUT2D eigenvalue weighted by molar-refractivity contribution is 5.88. The van der Waals surface area contributed by atoms with Crippen LogP contribution in [0.5, 0.6) is 0 Å². The second-order valence-corrected chi connectivity index (χ2v) is 10.5. The summed E-state index contributed by atoms with van der Waals surface area (Å²) < 4.78 is 5.66. The van der Waals surface area contributed by atoms with E-state index in [2.05, 4.69) is 34.9 Å². The SMILES string of the molecule is CC(CNC(=O)C1(CNC(=O)OCC2c3ccccc3-c3ccccc32)CC12CCC2)CC(=O)O. The van der Waals surface area contributed by atoms with Crippen LogP contribution in [-0.2, 0) is 14.3 Å². The molecule has 2 aromatic carbocycles. The van der Waals surface area contributed by atoms with Crippen LogP contribution in [0, 0.1) is 16.7 Å². The highest BCUT2D eigenvalue weighted by Crippen LogP contribution is 2.73. The fourth-order valence-corrected chi connectivity index (χ4v) is 6.12. The first-order valence-corrected chi connectivity index (χ1v) is 12.4. The quantitative estimate of drug-likeness (QED) is 0.500. The van der Waals surface area contributed by atoms with Gasteiger partial charge in [0.2, 0.25) is 5.91 Å². The van der Waals surface area contributed by atoms with E-state index in [1.165, 1.54) is 11.1 Å². The Balaban J connectivity index is 1.19. The monoisotopic (exact) mass is 476 g/mol. The summed E-state index contributed by atoms with van der Waals surface area (Å²) in [5.41, 5.74) is 4.00. The highest BCUT2D eigenvalue weighted by atomic mass is 16.5. The zero-order valence-electron chi connectivity index (χ0n) is 20.0. The van der Waals surface area contributed by atoms with Gasteiger partial charge in [0.15, 0.2) is 0 Å². The predicted octanol–water partition coefficient (Wildman–Crippen LogP) is 4.31. The van der Waals surface area contributed by atoms with E-state index in [0.717, 1.165) is 36.8 Å². The zero-order chi connectivity index (χ0) is 24.6. The van der Waals surface area contributed by atoms with Gasteiger partial charge in [0.05, 0.1) is 5.41 Å². The molecule has 2 saturated carbocycles. The largest absolute Gasteiger partial charge is 0.481 e. The lowest BCUT2D eigenvalue weighted by Crippen LogP contribution is -2.46. The Kier molecular flexibility index (Phi) is 6.03. The van der Waals surface area contributed by atoms with Gasteiger partial charge in [0, 0.05) is 25.4 Å². The maximum absolute atomic E-state index is 13.1. The van der Waals surface area contributed by atoms with Crippen LogP contribution in [0.25, 0.3) is 11.1 Å². The van der Waals surface area contributed by atoms with Crippen LogP contribution in [0.4, 0.5) is 4.79 Å². The van der Waals surface area contributed by atoms with Crippen molar-refractivity contribution in [3.05, 3.63) is 59.7 Å². The number of carbonyl (C=O) groups is 3. The maximum atomic E-state index is 13.1. The van der Waals surface area contributed by atoms with Crippen molar-refractivity contribution in [1.82, 2.24) is 10.6 Å². The molecular formula is C28H32N2O5. The van der Waals surface area contributed by atoms with Crippen LogP contribution < -0.4 is 10.6 Å². The van der Waals surface area contributed by atoms with Crippen LogP contribution in [0.1, 0.15) is 56.1 Å². The topological polar surface area (TPSA) is 105 Å². The molecule has 0 aliphatic heterocycles. The molecule has 2 fully saturated rings. The number of rotatable bonds is 9. The van der Waals surface area contributed by atoms with Gasteiger partial charge >= 0.3 is 12.1 Å². The van der Waals surface area contributed by atoms with Crippen molar-refractivity contribution >= 4 is 18.0 Å². The maximum Gasteiger partial charge on any atom is 0.407 e. The lowest BCUT2D eigenvalue weighted by atomic mass is 9.74. The molecule has 0 saturated heterocycles. The molecule has 2 atom stereocenters. The fourth-order valence-electron chi connectivity index (χ4n) is 6.12. The van der Waals surface area contributed by atoms with Crippen LogP contribution in [0.15, 0.2) is 48.5 Å². The molecule has 0 heterocycles. The number of fused-ring (bicyclic) bond motifs is 3. The molecule has 35 heavy (non-hydrogen) atoms. The predicted molar refractivity (Wildman–Crippen MR) is 131 cm³/mol. The zero-order valence-corrected chi connectivity index (χ0v) is 20.0. The van der Waals surface area contributed by atoms with Crippen LogP contribution in [0.3, 0.4) is 0 Å². The number of benzene rings is 2. The molecule has 3 N–H and O–H groups in total. The molecule has 0 aromatic heterocycles. The van der Waals surface area contributed by atoms with E-state index in [4.69, 9.17) is 9.84 Å². The van der Waals surface area contributed by atoms with E-state index in [-0.39, 0.29) is 42.7 Å². The van der Waals surface area contributed by atoms with Crippen molar-refractivity contribution in [3.63, 3.8) is 0 Å². The Morgan fingerprint density at radius 3 is 2.20 bits per heavy atom. The highest BCUT2D eigenvalue weighted by Gasteiger charge is 2.73. The number of hydrogen-bond donors (Lipinski definition) is 3. The fraction of sp³-hybridized carbons (Fsp3) is 0.464. The molecule has 2 unspecified atom stereocenters. The van der Waals surface area contributed by atoms with E-state index in [0.29, 0.717) is 6.54 Å². The average Bonchev–Trinajstić information content (AvgIpc) is 3.44. The number of carbonyl (C=O) groups excluding carboxylic acids is 2. The molecule has 1 spiro atoms. The minimum Gasteiger partial charge on any atom is -0.481 e. The Hall–Kier alpha value is -3.35. The van der Waals surface area contributed by atoms with Gasteiger partial charge in [-0.25, -0.2) is 4.79 Å². The number of amides is 2. The summed E-state index contributed by atoms with van der Waals surface area (Å²) in [6.07, 6.45) is 3.31.